The van der Waals surface area contributed by atoms with Crippen LogP contribution < -0.4 is 0 Å². The number of ether oxygens (including phenoxy) is 1. The average Bonchev–Trinajstić information content (AvgIpc) is 1.61. The second-order valence-electron chi connectivity index (χ2n) is 1.19. The van der Waals surface area contributed by atoms with Crippen LogP contribution in [0.4, 0.5) is 0 Å². The van der Waals surface area contributed by atoms with Gasteiger partial charge in [-0.25, -0.2) is 0 Å². The van der Waals surface area contributed by atoms with E-state index in [1.807, 2.05) is 0 Å². The van der Waals surface area contributed by atoms with Gasteiger partial charge >= 0.3 is 0 Å². The monoisotopic (exact) mass is 87.1 g/mol. The van der Waals surface area contributed by atoms with Gasteiger partial charge in [-0.05, 0) is 6.42 Å². The first-order valence-electron chi connectivity index (χ1n) is 2.26. The van der Waals surface area contributed by atoms with E-state index in [0.29, 0.717) is 0 Å². The molecule has 0 aromatic heterocycles. The van der Waals surface area contributed by atoms with Crippen LogP contribution in [0.3, 0.4) is 0 Å². The van der Waals surface area contributed by atoms with E-state index in [4.69, 9.17) is 0 Å². The van der Waals surface area contributed by atoms with Gasteiger partial charge in [0.15, 0.2) is 0 Å². The van der Waals surface area contributed by atoms with Crippen molar-refractivity contribution in [1.29, 1.82) is 0 Å². The van der Waals surface area contributed by atoms with Crippen molar-refractivity contribution < 1.29 is 4.74 Å². The smallest absolute Gasteiger partial charge is 0.0832 e. The molecule has 37 valence electrons. The lowest BCUT2D eigenvalue weighted by molar-refractivity contribution is 0.264. The van der Waals surface area contributed by atoms with Crippen molar-refractivity contribution in [1.82, 2.24) is 0 Å². The number of methoxy groups -OCH3 is 1. The van der Waals surface area contributed by atoms with Gasteiger partial charge in [-0.2, -0.15) is 0 Å². The Hall–Kier alpha value is -0.0400. The van der Waals surface area contributed by atoms with Crippen molar-refractivity contribution in [2.24, 2.45) is 0 Å². The van der Waals surface area contributed by atoms with E-state index in [2.05, 4.69) is 11.7 Å². The number of hydrogen-bond acceptors (Lipinski definition) is 1. The number of rotatable bonds is 3. The highest BCUT2D eigenvalue weighted by molar-refractivity contribution is 4.43. The second kappa shape index (κ2) is 4.96. The summed E-state index contributed by atoms with van der Waals surface area (Å²) in [6.07, 6.45) is 2.24. The normalized spacial score (nSPS) is 9.00. The Kier molecular flexibility index (Phi) is 4.93. The molecular formula is C5H11O. The van der Waals surface area contributed by atoms with E-state index in [1.54, 1.807) is 13.7 Å². The molecule has 6 heavy (non-hydrogen) atoms. The third-order valence-electron chi connectivity index (χ3n) is 0.573. The number of unbranched alkanes of at least 4 members (excludes halogenated alkanes) is 1. The minimum absolute atomic E-state index is 1.07. The summed E-state index contributed by atoms with van der Waals surface area (Å²) >= 11 is 0. The van der Waals surface area contributed by atoms with E-state index in [9.17, 15) is 0 Å². The van der Waals surface area contributed by atoms with E-state index in [-0.39, 0.29) is 0 Å². The van der Waals surface area contributed by atoms with Crippen molar-refractivity contribution in [3.63, 3.8) is 0 Å². The molecule has 0 aliphatic carbocycles. The summed E-state index contributed by atoms with van der Waals surface area (Å²) in [6.45, 7) is 3.93. The Morgan fingerprint density at radius 1 is 1.67 bits per heavy atom. The molecule has 0 heterocycles. The van der Waals surface area contributed by atoms with Gasteiger partial charge in [0.05, 0.1) is 6.61 Å². The summed E-state index contributed by atoms with van der Waals surface area (Å²) in [6, 6.07) is 0. The molecule has 0 saturated heterocycles. The Bertz CT molecular complexity index is 15.9. The first-order valence-corrected chi connectivity index (χ1v) is 2.26. The molecule has 0 aromatic rings. The van der Waals surface area contributed by atoms with Crippen molar-refractivity contribution in [3.8, 4) is 0 Å². The molecule has 0 atom stereocenters. The van der Waals surface area contributed by atoms with Crippen LogP contribution in [0.5, 0.6) is 0 Å². The van der Waals surface area contributed by atoms with Crippen LogP contribution in [0.15, 0.2) is 0 Å². The maximum atomic E-state index is 4.66. The zero-order valence-electron chi connectivity index (χ0n) is 4.40. The average molecular weight is 87.1 g/mol. The van der Waals surface area contributed by atoms with Crippen LogP contribution in [-0.2, 0) is 4.74 Å². The minimum Gasteiger partial charge on any atom is -0.379 e. The van der Waals surface area contributed by atoms with E-state index < -0.39 is 0 Å². The topological polar surface area (TPSA) is 9.23 Å². The molecule has 0 spiro atoms. The lowest BCUT2D eigenvalue weighted by atomic mass is 10.4. The van der Waals surface area contributed by atoms with Crippen LogP contribution in [0.25, 0.3) is 0 Å². The van der Waals surface area contributed by atoms with Crippen LogP contribution in [0.2, 0.25) is 0 Å². The van der Waals surface area contributed by atoms with Gasteiger partial charge < -0.3 is 4.74 Å². The summed E-state index contributed by atoms with van der Waals surface area (Å²) in [5, 5.41) is 0. The van der Waals surface area contributed by atoms with Crippen LogP contribution in [0.1, 0.15) is 19.8 Å². The van der Waals surface area contributed by atoms with Gasteiger partial charge in [0.2, 0.25) is 0 Å². The maximum Gasteiger partial charge on any atom is 0.0832 e. The molecule has 0 aliphatic rings. The Morgan fingerprint density at radius 3 is 2.50 bits per heavy atom. The lowest BCUT2D eigenvalue weighted by Gasteiger charge is -1.88. The molecule has 0 aliphatic heterocycles. The van der Waals surface area contributed by atoms with Crippen molar-refractivity contribution in [2.45, 2.75) is 19.8 Å². The maximum absolute atomic E-state index is 4.66. The summed E-state index contributed by atoms with van der Waals surface area (Å²) < 4.78 is 4.66. The van der Waals surface area contributed by atoms with E-state index in [0.717, 1.165) is 6.42 Å². The van der Waals surface area contributed by atoms with Gasteiger partial charge in [-0.3, -0.25) is 0 Å². The zero-order chi connectivity index (χ0) is 4.83. The summed E-state index contributed by atoms with van der Waals surface area (Å²) in [5.74, 6) is 0. The predicted octanol–water partition coefficient (Wildman–Crippen LogP) is 1.59. The molecule has 0 amide bonds. The molecule has 0 bridgehead atoms. The van der Waals surface area contributed by atoms with Crippen LogP contribution in [0, 0.1) is 6.61 Å². The van der Waals surface area contributed by atoms with E-state index >= 15 is 0 Å². The fraction of sp³-hybridized carbons (Fsp3) is 0.800. The Labute approximate surface area is 39.3 Å². The van der Waals surface area contributed by atoms with Gasteiger partial charge in [-0.15, -0.1) is 0 Å². The molecular weight excluding hydrogens is 76.1 g/mol. The van der Waals surface area contributed by atoms with Gasteiger partial charge in [0.25, 0.3) is 0 Å². The molecule has 0 N–H and O–H groups in total. The molecule has 1 heteroatoms. The van der Waals surface area contributed by atoms with Crippen molar-refractivity contribution in [2.75, 3.05) is 7.11 Å². The van der Waals surface area contributed by atoms with Crippen molar-refractivity contribution >= 4 is 0 Å². The third-order valence-corrected chi connectivity index (χ3v) is 0.573. The summed E-state index contributed by atoms with van der Waals surface area (Å²) in [4.78, 5) is 0. The first kappa shape index (κ1) is 5.96. The van der Waals surface area contributed by atoms with Gasteiger partial charge in [-0.1, -0.05) is 13.3 Å². The SMILES string of the molecule is CCC[CH]OC. The molecule has 1 radical (unpaired) electrons. The summed E-state index contributed by atoms with van der Waals surface area (Å²) in [7, 11) is 1.68. The molecule has 1 nitrogen and oxygen atoms in total. The fourth-order valence-electron chi connectivity index (χ4n) is 0.236. The van der Waals surface area contributed by atoms with Crippen molar-refractivity contribution in [3.05, 3.63) is 6.61 Å². The Balaban J connectivity index is 2.34. The molecule has 0 aromatic carbocycles. The fourth-order valence-corrected chi connectivity index (χ4v) is 0.236. The highest BCUT2D eigenvalue weighted by Gasteiger charge is 1.75. The largest absolute Gasteiger partial charge is 0.379 e. The first-order chi connectivity index (χ1) is 2.91. The standard InChI is InChI=1S/C5H11O/c1-3-4-5-6-2/h5H,3-4H2,1-2H3. The second-order valence-corrected chi connectivity index (χ2v) is 1.19. The Morgan fingerprint density at radius 2 is 2.33 bits per heavy atom. The highest BCUT2D eigenvalue weighted by atomic mass is 16.5. The van der Waals surface area contributed by atoms with E-state index in [1.165, 1.54) is 6.42 Å². The number of hydrogen-bond donors (Lipinski definition) is 0. The summed E-state index contributed by atoms with van der Waals surface area (Å²) in [5.41, 5.74) is 0. The highest BCUT2D eigenvalue weighted by Crippen LogP contribution is 1.89. The molecule has 0 rings (SSSR count). The van der Waals surface area contributed by atoms with Gasteiger partial charge in [0, 0.05) is 7.11 Å². The van der Waals surface area contributed by atoms with Gasteiger partial charge in [0.1, 0.15) is 0 Å². The lowest BCUT2D eigenvalue weighted by Crippen LogP contribution is -1.75. The molecule has 0 saturated carbocycles. The quantitative estimate of drug-likeness (QED) is 0.475. The van der Waals surface area contributed by atoms with Crippen LogP contribution >= 0.6 is 0 Å². The predicted molar refractivity (Wildman–Crippen MR) is 26.2 cm³/mol. The van der Waals surface area contributed by atoms with Crippen LogP contribution in [-0.4, -0.2) is 7.11 Å². The minimum atomic E-state index is 1.07. The molecule has 0 fully saturated rings. The molecule has 0 unspecified atom stereocenters. The zero-order valence-corrected chi connectivity index (χ0v) is 4.40. The third kappa shape index (κ3) is 3.96.